The minimum atomic E-state index is -4.68. The molecule has 0 saturated carbocycles. The van der Waals surface area contributed by atoms with Gasteiger partial charge in [0.25, 0.3) is 5.91 Å². The van der Waals surface area contributed by atoms with Gasteiger partial charge in [0.05, 0.1) is 27.9 Å². The lowest BCUT2D eigenvalue weighted by Crippen LogP contribution is -2.53. The number of nitrogens with zero attached hydrogens (tertiary/aromatic N) is 5. The highest BCUT2D eigenvalue weighted by Crippen LogP contribution is 2.35. The van der Waals surface area contributed by atoms with Gasteiger partial charge in [-0.1, -0.05) is 23.7 Å². The van der Waals surface area contributed by atoms with E-state index in [0.29, 0.717) is 42.8 Å². The Bertz CT molecular complexity index is 1770. The number of nitriles is 1. The highest BCUT2D eigenvalue weighted by atomic mass is 35.5. The average Bonchev–Trinajstić information content (AvgIpc) is 3.32. The maximum atomic E-state index is 13.9. The molecule has 14 heteroatoms. The topological polar surface area (TPSA) is 139 Å². The number of H-pyrrole nitrogens is 1. The Hall–Kier alpha value is -4.54. The van der Waals surface area contributed by atoms with Crippen LogP contribution in [0, 0.1) is 17.2 Å². The van der Waals surface area contributed by atoms with Gasteiger partial charge < -0.3 is 20.5 Å². The van der Waals surface area contributed by atoms with E-state index in [-0.39, 0.29) is 46.1 Å². The van der Waals surface area contributed by atoms with E-state index in [4.69, 9.17) is 16.9 Å². The molecule has 228 valence electrons. The molecule has 44 heavy (non-hydrogen) atoms. The molecule has 1 aromatic carbocycles. The first kappa shape index (κ1) is 30.9. The molecular formula is C30H28ClF3N8O2. The van der Waals surface area contributed by atoms with Crippen molar-refractivity contribution < 1.29 is 22.8 Å². The largest absolute Gasteiger partial charge is 0.433 e. The number of alkyl halides is 3. The Morgan fingerprint density at radius 3 is 2.75 bits per heavy atom. The number of halogens is 4. The summed E-state index contributed by atoms with van der Waals surface area (Å²) in [4.78, 5) is 43.0. The van der Waals surface area contributed by atoms with E-state index in [0.717, 1.165) is 0 Å². The van der Waals surface area contributed by atoms with Crippen LogP contribution in [0.5, 0.6) is 0 Å². The predicted molar refractivity (Wildman–Crippen MR) is 159 cm³/mol. The SMILES string of the molecule is C[C@@H](NC(=O)c1ccc(N=c2ncccc3c(C4=CC(CC#N)CN=C4C(F)(F)F)c[nH]c23)cc1Cl)C(=O)N1CCNCC1. The Balaban J connectivity index is 1.45. The second-order valence-corrected chi connectivity index (χ2v) is 10.8. The molecule has 2 aliphatic heterocycles. The summed E-state index contributed by atoms with van der Waals surface area (Å²) >= 11 is 6.45. The highest BCUT2D eigenvalue weighted by Gasteiger charge is 2.40. The number of benzene rings is 1. The number of piperazine rings is 1. The fraction of sp³-hybridized carbons (Fsp3) is 0.333. The molecular weight excluding hydrogens is 597 g/mol. The van der Waals surface area contributed by atoms with Crippen molar-refractivity contribution in [3.8, 4) is 6.07 Å². The van der Waals surface area contributed by atoms with E-state index in [1.54, 1.807) is 30.0 Å². The van der Waals surface area contributed by atoms with Gasteiger partial charge >= 0.3 is 6.18 Å². The number of rotatable bonds is 6. The lowest BCUT2D eigenvalue weighted by Gasteiger charge is -2.30. The van der Waals surface area contributed by atoms with Crippen LogP contribution in [-0.4, -0.2) is 77.3 Å². The summed E-state index contributed by atoms with van der Waals surface area (Å²) in [6.45, 7) is 4.01. The van der Waals surface area contributed by atoms with Crippen molar-refractivity contribution >= 4 is 51.3 Å². The van der Waals surface area contributed by atoms with Crippen LogP contribution in [0.15, 0.2) is 58.8 Å². The second kappa shape index (κ2) is 13.0. The molecule has 10 nitrogen and oxygen atoms in total. The first-order valence-corrected chi connectivity index (χ1v) is 14.3. The van der Waals surface area contributed by atoms with E-state index in [1.807, 2.05) is 6.07 Å². The molecule has 1 unspecified atom stereocenters. The number of aliphatic imine (C=N–C) groups is 1. The molecule has 0 aliphatic carbocycles. The smallest absolute Gasteiger partial charge is 0.357 e. The number of aromatic amines is 1. The Labute approximate surface area is 255 Å². The number of dihydropyridines is 1. The molecule has 3 N–H and O–H groups in total. The van der Waals surface area contributed by atoms with Crippen molar-refractivity contribution in [3.05, 3.63) is 70.4 Å². The van der Waals surface area contributed by atoms with Gasteiger partial charge in [-0.2, -0.15) is 18.4 Å². The van der Waals surface area contributed by atoms with Crippen LogP contribution in [0.3, 0.4) is 0 Å². The summed E-state index contributed by atoms with van der Waals surface area (Å²) in [6.07, 6.45) is -0.298. The monoisotopic (exact) mass is 624 g/mol. The molecule has 2 atom stereocenters. The van der Waals surface area contributed by atoms with Gasteiger partial charge in [-0.25, -0.2) is 9.98 Å². The summed E-state index contributed by atoms with van der Waals surface area (Å²) in [5.74, 6) is -1.15. The summed E-state index contributed by atoms with van der Waals surface area (Å²) < 4.78 is 41.8. The van der Waals surface area contributed by atoms with E-state index in [2.05, 4.69) is 30.6 Å². The van der Waals surface area contributed by atoms with Crippen LogP contribution >= 0.6 is 11.6 Å². The average molecular weight is 625 g/mol. The zero-order valence-corrected chi connectivity index (χ0v) is 24.3. The van der Waals surface area contributed by atoms with Crippen LogP contribution in [0.2, 0.25) is 5.02 Å². The summed E-state index contributed by atoms with van der Waals surface area (Å²) in [7, 11) is 0. The van der Waals surface area contributed by atoms with Crippen molar-refractivity contribution in [2.24, 2.45) is 15.9 Å². The third kappa shape index (κ3) is 6.66. The van der Waals surface area contributed by atoms with Gasteiger partial charge in [0.15, 0.2) is 5.49 Å². The zero-order chi connectivity index (χ0) is 31.4. The van der Waals surface area contributed by atoms with Crippen molar-refractivity contribution in [2.75, 3.05) is 32.7 Å². The van der Waals surface area contributed by atoms with Crippen LogP contribution in [0.1, 0.15) is 29.3 Å². The fourth-order valence-corrected chi connectivity index (χ4v) is 5.41. The molecule has 3 aromatic rings. The summed E-state index contributed by atoms with van der Waals surface area (Å²) in [5.41, 5.74) is 0.173. The van der Waals surface area contributed by atoms with E-state index >= 15 is 0 Å². The molecule has 0 radical (unpaired) electrons. The quantitative estimate of drug-likeness (QED) is 0.382. The van der Waals surface area contributed by atoms with Gasteiger partial charge in [-0.3, -0.25) is 14.6 Å². The van der Waals surface area contributed by atoms with Gasteiger partial charge in [-0.05, 0) is 31.2 Å². The van der Waals surface area contributed by atoms with E-state index < -0.39 is 29.8 Å². The molecule has 2 amide bonds. The van der Waals surface area contributed by atoms with Crippen LogP contribution < -0.4 is 16.1 Å². The number of carbonyl (C=O) groups excluding carboxylic acids is 2. The number of hydrogen-bond donors (Lipinski definition) is 3. The van der Waals surface area contributed by atoms with Gasteiger partial charge in [0, 0.05) is 74.0 Å². The number of hydrogen-bond acceptors (Lipinski definition) is 7. The zero-order valence-electron chi connectivity index (χ0n) is 23.6. The second-order valence-electron chi connectivity index (χ2n) is 10.4. The molecule has 1 fully saturated rings. The van der Waals surface area contributed by atoms with E-state index in [9.17, 15) is 22.8 Å². The normalized spacial score (nSPS) is 18.3. The van der Waals surface area contributed by atoms with Crippen molar-refractivity contribution in [3.63, 3.8) is 0 Å². The molecule has 2 aromatic heterocycles. The number of nitrogens with one attached hydrogen (secondary N) is 3. The third-order valence-electron chi connectivity index (χ3n) is 7.32. The standard InChI is InChI=1S/C30H28ClF3N8O2/c1-17(29(44)42-11-9-36-10-12-42)40-28(43)21-5-4-19(14-24(21)31)41-27-25-20(3-2-8-37-27)23(16-38-25)22-13-18(6-7-35)15-39-26(22)30(32,33)34/h2-5,8,13-14,16-18,36,38H,6,9-12,15H2,1H3,(H,40,43)/t17-,18?/m1/s1. The lowest BCUT2D eigenvalue weighted by molar-refractivity contribution is -0.133. The van der Waals surface area contributed by atoms with E-state index in [1.165, 1.54) is 30.6 Å². The number of amides is 2. The molecule has 5 rings (SSSR count). The van der Waals surface area contributed by atoms with Crippen LogP contribution in [0.4, 0.5) is 18.9 Å². The summed E-state index contributed by atoms with van der Waals surface area (Å²) in [6, 6.07) is 8.96. The minimum Gasteiger partial charge on any atom is -0.357 e. The summed E-state index contributed by atoms with van der Waals surface area (Å²) in [5, 5.41) is 15.5. The lowest BCUT2D eigenvalue weighted by atomic mass is 9.91. The van der Waals surface area contributed by atoms with Gasteiger partial charge in [0.1, 0.15) is 11.8 Å². The molecule has 2 aliphatic rings. The Morgan fingerprint density at radius 2 is 2.05 bits per heavy atom. The molecule has 0 bridgehead atoms. The minimum absolute atomic E-state index is 0.0383. The number of aromatic nitrogens is 2. The van der Waals surface area contributed by atoms with Crippen molar-refractivity contribution in [1.29, 1.82) is 5.26 Å². The van der Waals surface area contributed by atoms with Crippen LogP contribution in [-0.2, 0) is 4.79 Å². The Kier molecular flexibility index (Phi) is 9.12. The third-order valence-corrected chi connectivity index (χ3v) is 7.63. The van der Waals surface area contributed by atoms with Gasteiger partial charge in [0.2, 0.25) is 5.91 Å². The number of fused-ring (bicyclic) bond motifs is 1. The van der Waals surface area contributed by atoms with Gasteiger partial charge in [-0.15, -0.1) is 0 Å². The Morgan fingerprint density at radius 1 is 1.27 bits per heavy atom. The molecule has 0 spiro atoms. The maximum Gasteiger partial charge on any atom is 0.433 e. The highest BCUT2D eigenvalue weighted by molar-refractivity contribution is 6.34. The van der Waals surface area contributed by atoms with Crippen LogP contribution in [0.25, 0.3) is 16.5 Å². The first-order valence-electron chi connectivity index (χ1n) is 13.9. The van der Waals surface area contributed by atoms with Crippen molar-refractivity contribution in [1.82, 2.24) is 25.5 Å². The van der Waals surface area contributed by atoms with Crippen molar-refractivity contribution in [2.45, 2.75) is 25.6 Å². The fourth-order valence-electron chi connectivity index (χ4n) is 5.15. The molecule has 4 heterocycles. The maximum absolute atomic E-state index is 13.9. The molecule has 1 saturated heterocycles. The first-order chi connectivity index (χ1) is 21.1. The predicted octanol–water partition coefficient (Wildman–Crippen LogP) is 3.93. The number of carbonyl (C=O) groups is 2. The number of allylic oxidation sites excluding steroid dienone is 1.